The van der Waals surface area contributed by atoms with Gasteiger partial charge < -0.3 is 10.1 Å². The molecule has 1 rings (SSSR count). The van der Waals surface area contributed by atoms with Gasteiger partial charge in [-0.15, -0.1) is 0 Å². The van der Waals surface area contributed by atoms with Crippen molar-refractivity contribution in [1.82, 2.24) is 5.32 Å². The molecule has 0 fully saturated rings. The first-order chi connectivity index (χ1) is 7.29. The van der Waals surface area contributed by atoms with Gasteiger partial charge in [0.05, 0.1) is 6.54 Å². The van der Waals surface area contributed by atoms with E-state index in [2.05, 4.69) is 5.32 Å². The molecule has 80 valence electrons. The third kappa shape index (κ3) is 3.09. The molecule has 0 radical (unpaired) electrons. The van der Waals surface area contributed by atoms with Crippen molar-refractivity contribution >= 4 is 18.0 Å². The summed E-state index contributed by atoms with van der Waals surface area (Å²) >= 11 is 0. The Balaban J connectivity index is 2.71. The third-order valence-corrected chi connectivity index (χ3v) is 1.97. The van der Waals surface area contributed by atoms with E-state index in [4.69, 9.17) is 0 Å². The lowest BCUT2D eigenvalue weighted by Gasteiger charge is -2.20. The Morgan fingerprint density at radius 3 is 2.60 bits per heavy atom. The summed E-state index contributed by atoms with van der Waals surface area (Å²) in [6, 6.07) is 9.07. The van der Waals surface area contributed by atoms with Crippen molar-refractivity contribution < 1.29 is 9.59 Å². The largest absolute Gasteiger partial charge is 0.331 e. The summed E-state index contributed by atoms with van der Waals surface area (Å²) < 4.78 is 0. The maximum atomic E-state index is 11.6. The fraction of sp³-hybridized carbons (Fsp3) is 0.273. The first kappa shape index (κ1) is 11.2. The average molecular weight is 206 g/mol. The topological polar surface area (TPSA) is 49.4 Å². The number of carbonyl (C=O) groups is 2. The number of aldehydes is 1. The van der Waals surface area contributed by atoms with Crippen LogP contribution in [0.4, 0.5) is 10.5 Å². The molecular formula is C11H14N2O2. The number of urea groups is 1. The van der Waals surface area contributed by atoms with E-state index in [1.54, 1.807) is 4.90 Å². The van der Waals surface area contributed by atoms with Gasteiger partial charge in [-0.1, -0.05) is 18.2 Å². The van der Waals surface area contributed by atoms with Gasteiger partial charge >= 0.3 is 6.03 Å². The van der Waals surface area contributed by atoms with Gasteiger partial charge in [0.25, 0.3) is 0 Å². The summed E-state index contributed by atoms with van der Waals surface area (Å²) in [6.07, 6.45) is 0.663. The molecule has 1 aromatic rings. The fourth-order valence-electron chi connectivity index (χ4n) is 1.28. The van der Waals surface area contributed by atoms with Gasteiger partial charge in [0.15, 0.2) is 0 Å². The van der Waals surface area contributed by atoms with E-state index in [1.807, 2.05) is 37.3 Å². The Labute approximate surface area is 88.9 Å². The van der Waals surface area contributed by atoms with Crippen molar-refractivity contribution in [2.24, 2.45) is 0 Å². The maximum Gasteiger partial charge on any atom is 0.322 e. The smallest absolute Gasteiger partial charge is 0.322 e. The zero-order chi connectivity index (χ0) is 11.1. The predicted molar refractivity (Wildman–Crippen MR) is 58.9 cm³/mol. The van der Waals surface area contributed by atoms with E-state index < -0.39 is 0 Å². The quantitative estimate of drug-likeness (QED) is 0.757. The second kappa shape index (κ2) is 5.80. The molecule has 4 nitrogen and oxygen atoms in total. The fourth-order valence-corrected chi connectivity index (χ4v) is 1.28. The normalized spacial score (nSPS) is 9.40. The number of rotatable bonds is 4. The van der Waals surface area contributed by atoms with E-state index in [0.29, 0.717) is 12.8 Å². The zero-order valence-corrected chi connectivity index (χ0v) is 8.64. The monoisotopic (exact) mass is 206 g/mol. The van der Waals surface area contributed by atoms with Crippen molar-refractivity contribution in [2.45, 2.75) is 6.92 Å². The van der Waals surface area contributed by atoms with Gasteiger partial charge in [-0.2, -0.15) is 0 Å². The van der Waals surface area contributed by atoms with E-state index in [1.165, 1.54) is 0 Å². The van der Waals surface area contributed by atoms with Crippen LogP contribution in [-0.4, -0.2) is 25.4 Å². The molecule has 0 saturated heterocycles. The van der Waals surface area contributed by atoms with Gasteiger partial charge in [0.2, 0.25) is 0 Å². The van der Waals surface area contributed by atoms with E-state index in [9.17, 15) is 9.59 Å². The summed E-state index contributed by atoms with van der Waals surface area (Å²) in [5.74, 6) is 0. The van der Waals surface area contributed by atoms with Crippen molar-refractivity contribution in [3.8, 4) is 0 Å². The zero-order valence-electron chi connectivity index (χ0n) is 8.64. The summed E-state index contributed by atoms with van der Waals surface area (Å²) in [5, 5.41) is 2.50. The third-order valence-electron chi connectivity index (χ3n) is 1.97. The lowest BCUT2D eigenvalue weighted by molar-refractivity contribution is -0.107. The van der Waals surface area contributed by atoms with E-state index in [0.717, 1.165) is 5.69 Å². The Morgan fingerprint density at radius 1 is 1.40 bits per heavy atom. The molecular weight excluding hydrogens is 192 g/mol. The molecule has 15 heavy (non-hydrogen) atoms. The number of benzene rings is 1. The van der Waals surface area contributed by atoms with Gasteiger partial charge in [0.1, 0.15) is 6.29 Å². The highest BCUT2D eigenvalue weighted by Crippen LogP contribution is 2.12. The predicted octanol–water partition coefficient (Wildman–Crippen LogP) is 1.42. The van der Waals surface area contributed by atoms with Crippen LogP contribution in [0.15, 0.2) is 30.3 Å². The number of carbonyl (C=O) groups excluding carboxylic acids is 2. The van der Waals surface area contributed by atoms with Crippen LogP contribution in [0.3, 0.4) is 0 Å². The lowest BCUT2D eigenvalue weighted by atomic mass is 10.3. The van der Waals surface area contributed by atoms with E-state index >= 15 is 0 Å². The molecule has 0 aromatic heterocycles. The highest BCUT2D eigenvalue weighted by molar-refractivity contribution is 5.92. The molecule has 0 unspecified atom stereocenters. The minimum Gasteiger partial charge on any atom is -0.331 e. The Kier molecular flexibility index (Phi) is 4.34. The second-order valence-corrected chi connectivity index (χ2v) is 2.93. The molecule has 1 aromatic carbocycles. The average Bonchev–Trinajstić information content (AvgIpc) is 2.29. The van der Waals surface area contributed by atoms with Crippen molar-refractivity contribution in [3.05, 3.63) is 30.3 Å². The molecule has 4 heteroatoms. The maximum absolute atomic E-state index is 11.6. The van der Waals surface area contributed by atoms with Crippen molar-refractivity contribution in [3.63, 3.8) is 0 Å². The van der Waals surface area contributed by atoms with Crippen molar-refractivity contribution in [1.29, 1.82) is 0 Å². The molecule has 0 spiro atoms. The highest BCUT2D eigenvalue weighted by atomic mass is 16.2. The highest BCUT2D eigenvalue weighted by Gasteiger charge is 2.11. The molecule has 1 N–H and O–H groups in total. The van der Waals surface area contributed by atoms with Crippen LogP contribution < -0.4 is 10.2 Å². The van der Waals surface area contributed by atoms with Crippen LogP contribution in [0.25, 0.3) is 0 Å². The van der Waals surface area contributed by atoms with Crippen molar-refractivity contribution in [2.75, 3.05) is 18.0 Å². The summed E-state index contributed by atoms with van der Waals surface area (Å²) in [7, 11) is 0. The van der Waals surface area contributed by atoms with Gasteiger partial charge in [-0.3, -0.25) is 4.90 Å². The summed E-state index contributed by atoms with van der Waals surface area (Å²) in [5.41, 5.74) is 0.823. The number of anilines is 1. The van der Waals surface area contributed by atoms with Gasteiger partial charge in [-0.05, 0) is 19.1 Å². The minimum absolute atomic E-state index is 0.0438. The number of nitrogens with zero attached hydrogens (tertiary/aromatic N) is 1. The van der Waals surface area contributed by atoms with Crippen LogP contribution in [0.2, 0.25) is 0 Å². The number of hydrogen-bond acceptors (Lipinski definition) is 2. The van der Waals surface area contributed by atoms with Gasteiger partial charge in [0, 0.05) is 12.2 Å². The Bertz CT molecular complexity index is 325. The first-order valence-electron chi connectivity index (χ1n) is 4.83. The standard InChI is InChI=1S/C11H14N2O2/c1-2-13(11(15)12-8-9-14)10-6-4-3-5-7-10/h3-7,9H,2,8H2,1H3,(H,12,15). The molecule has 0 atom stereocenters. The molecule has 0 bridgehead atoms. The molecule has 0 aliphatic carbocycles. The van der Waals surface area contributed by atoms with Crippen LogP contribution >= 0.6 is 0 Å². The first-order valence-corrected chi connectivity index (χ1v) is 4.83. The molecule has 0 aliphatic rings. The second-order valence-electron chi connectivity index (χ2n) is 2.93. The number of hydrogen-bond donors (Lipinski definition) is 1. The molecule has 0 heterocycles. The minimum atomic E-state index is -0.254. The number of para-hydroxylation sites is 1. The van der Waals surface area contributed by atoms with Crippen LogP contribution in [0.5, 0.6) is 0 Å². The summed E-state index contributed by atoms with van der Waals surface area (Å²) in [6.45, 7) is 2.49. The van der Waals surface area contributed by atoms with Crippen LogP contribution in [0.1, 0.15) is 6.92 Å². The molecule has 0 aliphatic heterocycles. The molecule has 2 amide bonds. The lowest BCUT2D eigenvalue weighted by Crippen LogP contribution is -2.40. The Morgan fingerprint density at radius 2 is 2.07 bits per heavy atom. The van der Waals surface area contributed by atoms with Crippen LogP contribution in [-0.2, 0) is 4.79 Å². The van der Waals surface area contributed by atoms with E-state index in [-0.39, 0.29) is 12.6 Å². The number of nitrogens with one attached hydrogen (secondary N) is 1. The van der Waals surface area contributed by atoms with Gasteiger partial charge in [-0.25, -0.2) is 4.79 Å². The SMILES string of the molecule is CCN(C(=O)NCC=O)c1ccccc1. The summed E-state index contributed by atoms with van der Waals surface area (Å²) in [4.78, 5) is 23.3. The molecule has 0 saturated carbocycles. The Hall–Kier alpha value is -1.84. The van der Waals surface area contributed by atoms with Crippen LogP contribution in [0, 0.1) is 0 Å². The number of amides is 2.